The maximum absolute atomic E-state index is 13.1. The zero-order chi connectivity index (χ0) is 15.0. The van der Waals surface area contributed by atoms with E-state index in [1.807, 2.05) is 18.7 Å². The third-order valence-corrected chi connectivity index (χ3v) is 5.13. The molecule has 4 heteroatoms. The van der Waals surface area contributed by atoms with E-state index in [2.05, 4.69) is 19.2 Å². The number of hydrogen-bond acceptors (Lipinski definition) is 2. The first-order valence-corrected chi connectivity index (χ1v) is 8.06. The molecule has 0 atom stereocenters. The summed E-state index contributed by atoms with van der Waals surface area (Å²) in [7, 11) is 0. The number of nitrogens with zero attached hydrogens (tertiary/aromatic N) is 1. The predicted octanol–water partition coefficient (Wildman–Crippen LogP) is 2.47. The number of amides is 2. The fourth-order valence-electron chi connectivity index (χ4n) is 3.77. The van der Waals surface area contributed by atoms with Gasteiger partial charge in [0, 0.05) is 6.54 Å². The molecule has 1 spiro atoms. The van der Waals surface area contributed by atoms with E-state index in [1.165, 1.54) is 0 Å². The summed E-state index contributed by atoms with van der Waals surface area (Å²) >= 11 is 0. The molecule has 2 aliphatic rings. The van der Waals surface area contributed by atoms with Gasteiger partial charge < -0.3 is 10.2 Å². The smallest absolute Gasteiger partial charge is 0.249 e. The molecule has 114 valence electrons. The molecule has 1 heterocycles. The van der Waals surface area contributed by atoms with Crippen LogP contribution in [0.15, 0.2) is 0 Å². The Hall–Kier alpha value is -1.06. The lowest BCUT2D eigenvalue weighted by molar-refractivity contribution is -0.164. The zero-order valence-corrected chi connectivity index (χ0v) is 13.3. The van der Waals surface area contributed by atoms with E-state index in [0.717, 1.165) is 25.7 Å². The maximum atomic E-state index is 13.1. The maximum Gasteiger partial charge on any atom is 0.249 e. The molecule has 2 rings (SSSR count). The standard InChI is InChI=1S/C16H28N2O2/c1-5-15(6-2)14(20)18(11-12(3)4)16(13(19)17-15)9-7-8-10-16/h12H,5-11H2,1-4H3,(H,17,19). The van der Waals surface area contributed by atoms with Crippen LogP contribution in [0.1, 0.15) is 66.2 Å². The molecule has 0 unspecified atom stereocenters. The van der Waals surface area contributed by atoms with Gasteiger partial charge in [-0.15, -0.1) is 0 Å². The molecule has 1 aliphatic carbocycles. The van der Waals surface area contributed by atoms with E-state index in [4.69, 9.17) is 0 Å². The number of hydrogen-bond donors (Lipinski definition) is 1. The quantitative estimate of drug-likeness (QED) is 0.860. The molecule has 2 amide bonds. The molecule has 2 fully saturated rings. The third-order valence-electron chi connectivity index (χ3n) is 5.13. The lowest BCUT2D eigenvalue weighted by atomic mass is 9.80. The Balaban J connectivity index is 2.41. The van der Waals surface area contributed by atoms with Gasteiger partial charge in [-0.05, 0) is 31.6 Å². The van der Waals surface area contributed by atoms with Gasteiger partial charge in [-0.25, -0.2) is 0 Å². The Labute approximate surface area is 122 Å². The van der Waals surface area contributed by atoms with Gasteiger partial charge >= 0.3 is 0 Å². The predicted molar refractivity (Wildman–Crippen MR) is 79.2 cm³/mol. The SMILES string of the molecule is CCC1(CC)NC(=O)C2(CCCC2)N(CC(C)C)C1=O. The normalized spacial score (nSPS) is 24.6. The fourth-order valence-corrected chi connectivity index (χ4v) is 3.77. The van der Waals surface area contributed by atoms with Crippen molar-refractivity contribution in [3.63, 3.8) is 0 Å². The second-order valence-electron chi connectivity index (χ2n) is 6.79. The number of rotatable bonds is 4. The van der Waals surface area contributed by atoms with Gasteiger partial charge in [0.25, 0.3) is 0 Å². The number of carbonyl (C=O) groups excluding carboxylic acids is 2. The summed E-state index contributed by atoms with van der Waals surface area (Å²) in [5, 5.41) is 3.08. The average Bonchev–Trinajstić information content (AvgIpc) is 2.90. The van der Waals surface area contributed by atoms with Gasteiger partial charge in [0.2, 0.25) is 11.8 Å². The highest BCUT2D eigenvalue weighted by Crippen LogP contribution is 2.41. The summed E-state index contributed by atoms with van der Waals surface area (Å²) in [6.45, 7) is 8.89. The molecule has 0 radical (unpaired) electrons. The molecule has 1 saturated heterocycles. The Morgan fingerprint density at radius 3 is 2.15 bits per heavy atom. The van der Waals surface area contributed by atoms with Crippen LogP contribution in [0.5, 0.6) is 0 Å². The highest BCUT2D eigenvalue weighted by molar-refractivity contribution is 6.02. The Kier molecular flexibility index (Phi) is 4.12. The molecule has 1 N–H and O–H groups in total. The molecule has 20 heavy (non-hydrogen) atoms. The molecule has 1 aliphatic heterocycles. The largest absolute Gasteiger partial charge is 0.340 e. The van der Waals surface area contributed by atoms with Crippen LogP contribution < -0.4 is 5.32 Å². The van der Waals surface area contributed by atoms with Crippen molar-refractivity contribution in [1.82, 2.24) is 10.2 Å². The molecule has 4 nitrogen and oxygen atoms in total. The van der Waals surface area contributed by atoms with E-state index < -0.39 is 11.1 Å². The van der Waals surface area contributed by atoms with Crippen molar-refractivity contribution in [2.45, 2.75) is 77.3 Å². The van der Waals surface area contributed by atoms with Crippen LogP contribution in [0.3, 0.4) is 0 Å². The molecule has 1 saturated carbocycles. The van der Waals surface area contributed by atoms with Crippen LogP contribution >= 0.6 is 0 Å². The summed E-state index contributed by atoms with van der Waals surface area (Å²) in [5.41, 5.74) is -1.24. The van der Waals surface area contributed by atoms with Crippen molar-refractivity contribution in [3.05, 3.63) is 0 Å². The van der Waals surface area contributed by atoms with Gasteiger partial charge in [-0.2, -0.15) is 0 Å². The van der Waals surface area contributed by atoms with Gasteiger partial charge in [0.05, 0.1) is 0 Å². The molecule has 0 aromatic carbocycles. The van der Waals surface area contributed by atoms with Crippen LogP contribution in [-0.4, -0.2) is 34.3 Å². The first kappa shape index (κ1) is 15.3. The number of carbonyl (C=O) groups is 2. The van der Waals surface area contributed by atoms with Crippen LogP contribution in [0.25, 0.3) is 0 Å². The Morgan fingerprint density at radius 1 is 1.15 bits per heavy atom. The van der Waals surface area contributed by atoms with Crippen LogP contribution in [0.2, 0.25) is 0 Å². The molecule has 0 bridgehead atoms. The molecule has 0 aromatic rings. The van der Waals surface area contributed by atoms with Crippen LogP contribution in [0, 0.1) is 5.92 Å². The number of nitrogens with one attached hydrogen (secondary N) is 1. The summed E-state index contributed by atoms with van der Waals surface area (Å²) in [5.74, 6) is 0.602. The van der Waals surface area contributed by atoms with Gasteiger partial charge in [-0.1, -0.05) is 40.5 Å². The summed E-state index contributed by atoms with van der Waals surface area (Å²) in [4.78, 5) is 27.8. The highest BCUT2D eigenvalue weighted by atomic mass is 16.2. The first-order valence-electron chi connectivity index (χ1n) is 8.06. The van der Waals surface area contributed by atoms with Crippen molar-refractivity contribution >= 4 is 11.8 Å². The van der Waals surface area contributed by atoms with Crippen molar-refractivity contribution < 1.29 is 9.59 Å². The van der Waals surface area contributed by atoms with Gasteiger partial charge in [-0.3, -0.25) is 9.59 Å². The lowest BCUT2D eigenvalue weighted by Crippen LogP contribution is -2.75. The van der Waals surface area contributed by atoms with Crippen molar-refractivity contribution in [3.8, 4) is 0 Å². The first-order chi connectivity index (χ1) is 9.42. The monoisotopic (exact) mass is 280 g/mol. The lowest BCUT2D eigenvalue weighted by Gasteiger charge is -2.51. The molecular formula is C16H28N2O2. The van der Waals surface area contributed by atoms with Crippen molar-refractivity contribution in [2.75, 3.05) is 6.54 Å². The highest BCUT2D eigenvalue weighted by Gasteiger charge is 2.57. The Morgan fingerprint density at radius 2 is 1.70 bits per heavy atom. The summed E-state index contributed by atoms with van der Waals surface area (Å²) in [6.07, 6.45) is 5.06. The summed E-state index contributed by atoms with van der Waals surface area (Å²) < 4.78 is 0. The second-order valence-corrected chi connectivity index (χ2v) is 6.79. The van der Waals surface area contributed by atoms with Crippen LogP contribution in [0.4, 0.5) is 0 Å². The van der Waals surface area contributed by atoms with E-state index in [9.17, 15) is 9.59 Å². The van der Waals surface area contributed by atoms with Crippen molar-refractivity contribution in [1.29, 1.82) is 0 Å². The number of piperazine rings is 1. The van der Waals surface area contributed by atoms with Crippen molar-refractivity contribution in [2.24, 2.45) is 5.92 Å². The average molecular weight is 280 g/mol. The summed E-state index contributed by atoms with van der Waals surface area (Å²) in [6, 6.07) is 0. The minimum absolute atomic E-state index is 0.0824. The third kappa shape index (κ3) is 2.13. The molecular weight excluding hydrogens is 252 g/mol. The van der Waals surface area contributed by atoms with Crippen LogP contribution in [-0.2, 0) is 9.59 Å². The van der Waals surface area contributed by atoms with E-state index in [-0.39, 0.29) is 11.8 Å². The van der Waals surface area contributed by atoms with Gasteiger partial charge in [0.1, 0.15) is 11.1 Å². The van der Waals surface area contributed by atoms with E-state index in [1.54, 1.807) is 0 Å². The minimum atomic E-state index is -0.681. The topological polar surface area (TPSA) is 49.4 Å². The minimum Gasteiger partial charge on any atom is -0.340 e. The zero-order valence-electron chi connectivity index (χ0n) is 13.3. The fraction of sp³-hybridized carbons (Fsp3) is 0.875. The van der Waals surface area contributed by atoms with E-state index in [0.29, 0.717) is 25.3 Å². The van der Waals surface area contributed by atoms with Gasteiger partial charge in [0.15, 0.2) is 0 Å². The molecule has 0 aromatic heterocycles. The van der Waals surface area contributed by atoms with E-state index >= 15 is 0 Å². The Bertz CT molecular complexity index is 393. The second kappa shape index (κ2) is 5.38.